The van der Waals surface area contributed by atoms with E-state index in [-0.39, 0.29) is 5.91 Å². The molecule has 0 heterocycles. The van der Waals surface area contributed by atoms with Crippen molar-refractivity contribution >= 4 is 11.6 Å². The lowest BCUT2D eigenvalue weighted by atomic mass is 10.2. The summed E-state index contributed by atoms with van der Waals surface area (Å²) in [6.07, 6.45) is 3.23. The number of likely N-dealkylation sites (N-methyl/N-ethyl adjacent to an activating group) is 1. The number of allylic oxidation sites excluding steroid dienone is 2. The van der Waals surface area contributed by atoms with E-state index in [0.717, 1.165) is 11.3 Å². The summed E-state index contributed by atoms with van der Waals surface area (Å²) in [5, 5.41) is 0. The molecule has 0 radical (unpaired) electrons. The first-order chi connectivity index (χ1) is 7.11. The van der Waals surface area contributed by atoms with Gasteiger partial charge in [-0.25, -0.2) is 0 Å². The fraction of sp³-hybridized carbons (Fsp3) is 0.154. The van der Waals surface area contributed by atoms with Gasteiger partial charge < -0.3 is 4.90 Å². The Bertz CT molecular complexity index is 379. The number of rotatable bonds is 3. The van der Waals surface area contributed by atoms with Gasteiger partial charge in [-0.05, 0) is 19.1 Å². The molecule has 0 fully saturated rings. The van der Waals surface area contributed by atoms with Gasteiger partial charge in [0.15, 0.2) is 0 Å². The number of hydrogen-bond donors (Lipinski definition) is 0. The molecular weight excluding hydrogens is 186 g/mol. The van der Waals surface area contributed by atoms with Crippen LogP contribution in [0.1, 0.15) is 6.92 Å². The van der Waals surface area contributed by atoms with Crippen molar-refractivity contribution in [3.05, 3.63) is 54.6 Å². The zero-order valence-electron chi connectivity index (χ0n) is 9.10. The van der Waals surface area contributed by atoms with Crippen LogP contribution >= 0.6 is 0 Å². The number of carbonyl (C=O) groups excluding carboxylic acids is 1. The number of amides is 1. The van der Waals surface area contributed by atoms with E-state index < -0.39 is 0 Å². The Hall–Kier alpha value is -1.83. The number of carbonyl (C=O) groups is 1. The van der Waals surface area contributed by atoms with Crippen LogP contribution < -0.4 is 4.90 Å². The van der Waals surface area contributed by atoms with E-state index in [0.29, 0.717) is 0 Å². The highest BCUT2D eigenvalue weighted by atomic mass is 16.2. The SMILES string of the molecule is C=C(C)C=CC(=O)N(C)c1ccccc1. The fourth-order valence-corrected chi connectivity index (χ4v) is 1.10. The fourth-order valence-electron chi connectivity index (χ4n) is 1.10. The van der Waals surface area contributed by atoms with E-state index in [1.54, 1.807) is 18.0 Å². The molecular formula is C13H15NO. The largest absolute Gasteiger partial charge is 0.312 e. The van der Waals surface area contributed by atoms with E-state index in [1.165, 1.54) is 6.08 Å². The molecule has 15 heavy (non-hydrogen) atoms. The summed E-state index contributed by atoms with van der Waals surface area (Å²) in [6, 6.07) is 9.52. The minimum Gasteiger partial charge on any atom is -0.312 e. The van der Waals surface area contributed by atoms with E-state index >= 15 is 0 Å². The summed E-state index contributed by atoms with van der Waals surface area (Å²) in [6.45, 7) is 5.56. The van der Waals surface area contributed by atoms with Gasteiger partial charge in [-0.1, -0.05) is 36.4 Å². The maximum atomic E-state index is 11.6. The van der Waals surface area contributed by atoms with Gasteiger partial charge in [0.05, 0.1) is 0 Å². The second-order valence-electron chi connectivity index (χ2n) is 3.41. The third kappa shape index (κ3) is 3.43. The van der Waals surface area contributed by atoms with Crippen LogP contribution in [-0.4, -0.2) is 13.0 Å². The molecule has 1 rings (SSSR count). The summed E-state index contributed by atoms with van der Waals surface area (Å²) < 4.78 is 0. The lowest BCUT2D eigenvalue weighted by Crippen LogP contribution is -2.23. The van der Waals surface area contributed by atoms with Gasteiger partial charge in [-0.15, -0.1) is 0 Å². The molecule has 0 saturated carbocycles. The average Bonchev–Trinajstić information content (AvgIpc) is 2.26. The lowest BCUT2D eigenvalue weighted by Gasteiger charge is -2.14. The topological polar surface area (TPSA) is 20.3 Å². The molecule has 1 aromatic carbocycles. The van der Waals surface area contributed by atoms with Gasteiger partial charge in [0.1, 0.15) is 0 Å². The molecule has 2 nitrogen and oxygen atoms in total. The van der Waals surface area contributed by atoms with Crippen molar-refractivity contribution in [1.82, 2.24) is 0 Å². The van der Waals surface area contributed by atoms with Gasteiger partial charge in [0.25, 0.3) is 5.91 Å². The van der Waals surface area contributed by atoms with Gasteiger partial charge in [-0.3, -0.25) is 4.79 Å². The maximum absolute atomic E-state index is 11.6. The molecule has 0 saturated heterocycles. The highest BCUT2D eigenvalue weighted by Gasteiger charge is 2.05. The molecule has 0 aliphatic carbocycles. The Morgan fingerprint density at radius 1 is 1.27 bits per heavy atom. The van der Waals surface area contributed by atoms with Crippen LogP contribution in [0, 0.1) is 0 Å². The number of benzene rings is 1. The first-order valence-electron chi connectivity index (χ1n) is 4.77. The zero-order chi connectivity index (χ0) is 11.3. The molecule has 0 atom stereocenters. The molecule has 0 aromatic heterocycles. The van der Waals surface area contributed by atoms with E-state index in [4.69, 9.17) is 0 Å². The Labute approximate surface area is 90.5 Å². The van der Waals surface area contributed by atoms with Gasteiger partial charge in [0, 0.05) is 18.8 Å². The number of para-hydroxylation sites is 1. The molecule has 1 aromatic rings. The van der Waals surface area contributed by atoms with Crippen LogP contribution in [0.5, 0.6) is 0 Å². The van der Waals surface area contributed by atoms with Gasteiger partial charge >= 0.3 is 0 Å². The lowest BCUT2D eigenvalue weighted by molar-refractivity contribution is -0.113. The zero-order valence-corrected chi connectivity index (χ0v) is 9.10. The van der Waals surface area contributed by atoms with E-state index in [9.17, 15) is 4.79 Å². The molecule has 0 N–H and O–H groups in total. The van der Waals surface area contributed by atoms with Crippen molar-refractivity contribution in [2.24, 2.45) is 0 Å². The summed E-state index contributed by atoms with van der Waals surface area (Å²) in [5.41, 5.74) is 1.75. The second kappa shape index (κ2) is 5.15. The summed E-state index contributed by atoms with van der Waals surface area (Å²) in [5.74, 6) is -0.0517. The Balaban J connectivity index is 2.74. The van der Waals surface area contributed by atoms with Gasteiger partial charge in [0.2, 0.25) is 0 Å². The standard InChI is InChI=1S/C13H15NO/c1-11(2)9-10-13(15)14(3)12-7-5-4-6-8-12/h4-10H,1H2,2-3H3. The van der Waals surface area contributed by atoms with Crippen LogP contribution in [-0.2, 0) is 4.79 Å². The van der Waals surface area contributed by atoms with Crippen molar-refractivity contribution in [3.63, 3.8) is 0 Å². The van der Waals surface area contributed by atoms with Crippen molar-refractivity contribution in [3.8, 4) is 0 Å². The third-order valence-electron chi connectivity index (χ3n) is 1.98. The van der Waals surface area contributed by atoms with Crippen LogP contribution in [0.2, 0.25) is 0 Å². The normalized spacial score (nSPS) is 10.3. The van der Waals surface area contributed by atoms with Gasteiger partial charge in [-0.2, -0.15) is 0 Å². The van der Waals surface area contributed by atoms with Crippen LogP contribution in [0.4, 0.5) is 5.69 Å². The number of hydrogen-bond acceptors (Lipinski definition) is 1. The average molecular weight is 201 g/mol. The minimum absolute atomic E-state index is 0.0517. The smallest absolute Gasteiger partial charge is 0.250 e. The molecule has 0 unspecified atom stereocenters. The molecule has 0 aliphatic rings. The molecule has 0 spiro atoms. The number of nitrogens with zero attached hydrogens (tertiary/aromatic N) is 1. The molecule has 78 valence electrons. The highest BCUT2D eigenvalue weighted by molar-refractivity contribution is 6.01. The second-order valence-corrected chi connectivity index (χ2v) is 3.41. The Morgan fingerprint density at radius 3 is 2.40 bits per heavy atom. The molecule has 2 heteroatoms. The summed E-state index contributed by atoms with van der Waals surface area (Å²) in [4.78, 5) is 13.2. The third-order valence-corrected chi connectivity index (χ3v) is 1.98. The predicted octanol–water partition coefficient (Wildman–Crippen LogP) is 2.78. The summed E-state index contributed by atoms with van der Waals surface area (Å²) >= 11 is 0. The van der Waals surface area contributed by atoms with Crippen molar-refractivity contribution in [1.29, 1.82) is 0 Å². The molecule has 1 amide bonds. The quantitative estimate of drug-likeness (QED) is 0.544. The Kier molecular flexibility index (Phi) is 3.86. The van der Waals surface area contributed by atoms with Crippen molar-refractivity contribution in [2.75, 3.05) is 11.9 Å². The molecule has 0 aliphatic heterocycles. The first-order valence-corrected chi connectivity index (χ1v) is 4.77. The monoisotopic (exact) mass is 201 g/mol. The highest BCUT2D eigenvalue weighted by Crippen LogP contribution is 2.11. The summed E-state index contributed by atoms with van der Waals surface area (Å²) in [7, 11) is 1.75. The first kappa shape index (κ1) is 11.2. The predicted molar refractivity (Wildman–Crippen MR) is 63.8 cm³/mol. The Morgan fingerprint density at radius 2 is 1.87 bits per heavy atom. The van der Waals surface area contributed by atoms with Crippen LogP contribution in [0.25, 0.3) is 0 Å². The van der Waals surface area contributed by atoms with E-state index in [2.05, 4.69) is 6.58 Å². The van der Waals surface area contributed by atoms with E-state index in [1.807, 2.05) is 37.3 Å². The maximum Gasteiger partial charge on any atom is 0.250 e. The molecule has 0 bridgehead atoms. The number of anilines is 1. The minimum atomic E-state index is -0.0517. The van der Waals surface area contributed by atoms with Crippen molar-refractivity contribution in [2.45, 2.75) is 6.92 Å². The van der Waals surface area contributed by atoms with Crippen molar-refractivity contribution < 1.29 is 4.79 Å². The van der Waals surface area contributed by atoms with Crippen LogP contribution in [0.15, 0.2) is 54.6 Å². The van der Waals surface area contributed by atoms with Crippen LogP contribution in [0.3, 0.4) is 0 Å².